The Morgan fingerprint density at radius 1 is 0.821 bits per heavy atom. The number of nitrogens with zero attached hydrogens (tertiary/aromatic N) is 3. The molecular weight excluding hydrogens is 727 g/mol. The van der Waals surface area contributed by atoms with Gasteiger partial charge in [-0.3, -0.25) is 9.24 Å². The Bertz CT molecular complexity index is 1980. The summed E-state index contributed by atoms with van der Waals surface area (Å²) in [5, 5.41) is 15.3. The van der Waals surface area contributed by atoms with Gasteiger partial charge >= 0.3 is 5.69 Å². The van der Waals surface area contributed by atoms with Crippen LogP contribution >= 0.6 is 8.30 Å². The van der Waals surface area contributed by atoms with Crippen molar-refractivity contribution in [2.75, 3.05) is 32.8 Å². The number of ether oxygens (including phenoxy) is 4. The van der Waals surface area contributed by atoms with E-state index in [-0.39, 0.29) is 18.7 Å². The molecule has 4 aromatic carbocycles. The van der Waals surface area contributed by atoms with Crippen LogP contribution in [0.4, 0.5) is 5.82 Å². The third-order valence-corrected chi connectivity index (χ3v) is 12.1. The van der Waals surface area contributed by atoms with E-state index in [0.717, 1.165) is 22.3 Å². The van der Waals surface area contributed by atoms with Gasteiger partial charge in [-0.05, 0) is 86.9 Å². The molecule has 0 amide bonds. The van der Waals surface area contributed by atoms with Crippen LogP contribution in [0.2, 0.25) is 0 Å². The highest BCUT2D eigenvalue weighted by atomic mass is 31.2. The van der Waals surface area contributed by atoms with E-state index >= 15 is 0 Å². The Labute approximate surface area is 331 Å². The molecule has 6 rings (SSSR count). The van der Waals surface area contributed by atoms with Gasteiger partial charge in [-0.15, -0.1) is 0 Å². The topological polar surface area (TPSA) is 117 Å². The Morgan fingerprint density at radius 2 is 1.36 bits per heavy atom. The average molecular weight is 781 g/mol. The molecule has 5 atom stereocenters. The molecule has 1 fully saturated rings. The molecule has 1 saturated heterocycles. The first-order valence-corrected chi connectivity index (χ1v) is 20.6. The molecule has 1 aliphatic rings. The lowest BCUT2D eigenvalue weighted by molar-refractivity contribution is -0.0938. The molecule has 2 heterocycles. The molecule has 0 aliphatic carbocycles. The van der Waals surface area contributed by atoms with Crippen molar-refractivity contribution >= 4 is 14.1 Å². The van der Waals surface area contributed by atoms with Gasteiger partial charge in [0.1, 0.15) is 49.5 Å². The number of aliphatic hydroxyl groups is 1. The molecule has 56 heavy (non-hydrogen) atoms. The fourth-order valence-electron chi connectivity index (χ4n) is 7.47. The van der Waals surface area contributed by atoms with Gasteiger partial charge in [0.2, 0.25) is 0 Å². The summed E-state index contributed by atoms with van der Waals surface area (Å²) in [5.74, 6) is 1.84. The van der Waals surface area contributed by atoms with Crippen molar-refractivity contribution in [3.8, 4) is 11.5 Å². The average Bonchev–Trinajstić information content (AvgIpc) is 3.51. The molecule has 2 N–H and O–H groups in total. The molecule has 11 nitrogen and oxygen atoms in total. The van der Waals surface area contributed by atoms with Gasteiger partial charge in [0, 0.05) is 24.8 Å². The van der Waals surface area contributed by atoms with Crippen LogP contribution in [0.1, 0.15) is 56.2 Å². The van der Waals surface area contributed by atoms with Gasteiger partial charge in [-0.2, -0.15) is 4.98 Å². The minimum atomic E-state index is -1.22. The van der Waals surface area contributed by atoms with Crippen LogP contribution < -0.4 is 20.5 Å². The number of nitrogens with one attached hydrogen (secondary N) is 1. The monoisotopic (exact) mass is 780 g/mol. The number of aromatic nitrogens is 2. The molecule has 0 radical (unpaired) electrons. The van der Waals surface area contributed by atoms with Crippen molar-refractivity contribution < 1.29 is 28.6 Å². The first-order valence-electron chi connectivity index (χ1n) is 18.9. The zero-order valence-corrected chi connectivity index (χ0v) is 34.0. The predicted octanol–water partition coefficient (Wildman–Crippen LogP) is 7.59. The van der Waals surface area contributed by atoms with Crippen molar-refractivity contribution in [2.45, 2.75) is 76.5 Å². The molecule has 1 aromatic heterocycles. The zero-order valence-electron chi connectivity index (χ0n) is 33.1. The van der Waals surface area contributed by atoms with E-state index in [4.69, 9.17) is 23.5 Å². The molecule has 0 saturated carbocycles. The normalized spacial score (nSPS) is 19.1. The Hall–Kier alpha value is -4.61. The smallest absolute Gasteiger partial charge is 0.351 e. The summed E-state index contributed by atoms with van der Waals surface area (Å²) in [4.78, 5) is 17.9. The Balaban J connectivity index is 1.38. The first-order chi connectivity index (χ1) is 27.0. The minimum Gasteiger partial charge on any atom is -0.497 e. The van der Waals surface area contributed by atoms with Gasteiger partial charge in [-0.1, -0.05) is 84.9 Å². The molecule has 1 unspecified atom stereocenters. The second kappa shape index (κ2) is 18.6. The van der Waals surface area contributed by atoms with Crippen LogP contribution in [-0.4, -0.2) is 77.2 Å². The summed E-state index contributed by atoms with van der Waals surface area (Å²) in [5.41, 5.74) is 1.94. The maximum Gasteiger partial charge on any atom is 0.351 e. The number of aliphatic hydroxyl groups excluding tert-OH is 1. The van der Waals surface area contributed by atoms with E-state index < -0.39 is 44.1 Å². The lowest BCUT2D eigenvalue weighted by Crippen LogP contribution is -2.42. The zero-order chi connectivity index (χ0) is 39.8. The van der Waals surface area contributed by atoms with Crippen LogP contribution in [0.15, 0.2) is 126 Å². The van der Waals surface area contributed by atoms with Crippen LogP contribution in [0.3, 0.4) is 0 Å². The third-order valence-electron chi connectivity index (χ3n) is 10.0. The predicted molar refractivity (Wildman–Crippen MR) is 220 cm³/mol. The van der Waals surface area contributed by atoms with Crippen molar-refractivity contribution in [1.82, 2.24) is 14.2 Å². The second-order valence-corrected chi connectivity index (χ2v) is 15.9. The highest BCUT2D eigenvalue weighted by Crippen LogP contribution is 2.47. The summed E-state index contributed by atoms with van der Waals surface area (Å²) < 4.78 is 35.4. The minimum absolute atomic E-state index is 0.00337. The summed E-state index contributed by atoms with van der Waals surface area (Å²) in [6.45, 7) is 11.1. The van der Waals surface area contributed by atoms with E-state index in [1.807, 2.05) is 116 Å². The quantitative estimate of drug-likeness (QED) is 0.0723. The molecular formula is C44H53N4O7P. The number of benzene rings is 4. The van der Waals surface area contributed by atoms with Gasteiger partial charge in [0.05, 0.1) is 20.8 Å². The SMILES string of the molecule is COc1ccc(C(OC[C@H]2O[C@@H](n3ccc(NCc4ccccc4)nc3=O)[C@H](O)[C@@H]2OP(C)N(C(C)C)C(C)C)(c2ccccc2)c2ccc(OC)cc2)cc1. The first kappa shape index (κ1) is 41.0. The number of hydrogen-bond donors (Lipinski definition) is 2. The molecule has 5 aromatic rings. The summed E-state index contributed by atoms with van der Waals surface area (Å²) >= 11 is 0. The third kappa shape index (κ3) is 8.99. The molecule has 1 aliphatic heterocycles. The van der Waals surface area contributed by atoms with Crippen molar-refractivity contribution in [3.63, 3.8) is 0 Å². The van der Waals surface area contributed by atoms with E-state index in [2.05, 4.69) is 42.7 Å². The fraction of sp³-hybridized carbons (Fsp3) is 0.364. The molecule has 0 spiro atoms. The lowest BCUT2D eigenvalue weighted by Gasteiger charge is -2.39. The maximum atomic E-state index is 13.6. The summed E-state index contributed by atoms with van der Waals surface area (Å²) in [6, 6.07) is 37.5. The van der Waals surface area contributed by atoms with Crippen molar-refractivity contribution in [2.24, 2.45) is 0 Å². The Kier molecular flexibility index (Phi) is 13.6. The van der Waals surface area contributed by atoms with E-state index in [1.165, 1.54) is 4.57 Å². The van der Waals surface area contributed by atoms with E-state index in [9.17, 15) is 9.90 Å². The number of rotatable bonds is 17. The molecule has 296 valence electrons. The lowest BCUT2D eigenvalue weighted by atomic mass is 9.80. The summed E-state index contributed by atoms with van der Waals surface area (Å²) in [7, 11) is 2.07. The van der Waals surface area contributed by atoms with Gasteiger partial charge < -0.3 is 33.9 Å². The van der Waals surface area contributed by atoms with Crippen LogP contribution in [-0.2, 0) is 26.1 Å². The van der Waals surface area contributed by atoms with Crippen molar-refractivity contribution in [1.29, 1.82) is 0 Å². The van der Waals surface area contributed by atoms with Crippen molar-refractivity contribution in [3.05, 3.63) is 154 Å². The van der Waals surface area contributed by atoms with E-state index in [1.54, 1.807) is 26.5 Å². The molecule has 12 heteroatoms. The number of methoxy groups -OCH3 is 2. The summed E-state index contributed by atoms with van der Waals surface area (Å²) in [6.07, 6.45) is -2.34. The largest absolute Gasteiger partial charge is 0.497 e. The number of hydrogen-bond acceptors (Lipinski definition) is 10. The maximum absolute atomic E-state index is 13.6. The van der Waals surface area contributed by atoms with Crippen LogP contribution in [0.5, 0.6) is 11.5 Å². The standard InChI is InChI=1S/C44H53N4O7P/c1-30(2)48(31(3)4)56(7)55-41-38(54-42(40(41)49)47-27-26-39(46-43(47)50)45-28-32-14-10-8-11-15-32)29-53-44(33-16-12-9-13-17-33,34-18-22-36(51-5)23-19-34)35-20-24-37(52-6)25-21-35/h8-27,30-31,38,40-42,49H,28-29H2,1-7H3,(H,45,46,50)/t38-,40-,41-,42-,56?/m1/s1. The second-order valence-electron chi connectivity index (χ2n) is 14.3. The highest BCUT2D eigenvalue weighted by molar-refractivity contribution is 7.49. The van der Waals surface area contributed by atoms with Crippen LogP contribution in [0, 0.1) is 0 Å². The van der Waals surface area contributed by atoms with Gasteiger partial charge in [-0.25, -0.2) is 4.79 Å². The fourth-order valence-corrected chi connectivity index (χ4v) is 9.49. The van der Waals surface area contributed by atoms with Gasteiger partial charge in [0.25, 0.3) is 0 Å². The number of anilines is 1. The van der Waals surface area contributed by atoms with E-state index in [0.29, 0.717) is 23.9 Å². The van der Waals surface area contributed by atoms with Gasteiger partial charge in [0.15, 0.2) is 6.23 Å². The Morgan fingerprint density at radius 3 is 1.88 bits per heavy atom. The molecule has 0 bridgehead atoms. The van der Waals surface area contributed by atoms with Crippen LogP contribution in [0.25, 0.3) is 0 Å². The highest BCUT2D eigenvalue weighted by Gasteiger charge is 2.49.